The maximum absolute atomic E-state index is 5.60. The summed E-state index contributed by atoms with van der Waals surface area (Å²) in [7, 11) is 0. The molecule has 0 saturated carbocycles. The van der Waals surface area contributed by atoms with Crippen molar-refractivity contribution < 1.29 is 4.74 Å². The van der Waals surface area contributed by atoms with Crippen LogP contribution in [0, 0.1) is 0 Å². The lowest BCUT2D eigenvalue weighted by molar-refractivity contribution is 0.0299. The predicted octanol–water partition coefficient (Wildman–Crippen LogP) is 2.17. The predicted molar refractivity (Wildman–Crippen MR) is 53.6 cm³/mol. The van der Waals surface area contributed by atoms with Gasteiger partial charge in [-0.25, -0.2) is 0 Å². The highest BCUT2D eigenvalue weighted by atomic mass is 79.9. The van der Waals surface area contributed by atoms with E-state index in [9.17, 15) is 0 Å². The van der Waals surface area contributed by atoms with Gasteiger partial charge in [-0.15, -0.1) is 11.3 Å². The summed E-state index contributed by atoms with van der Waals surface area (Å²) in [5.41, 5.74) is 0. The van der Waals surface area contributed by atoms with Crippen molar-refractivity contribution in [2.75, 3.05) is 19.7 Å². The van der Waals surface area contributed by atoms with Gasteiger partial charge in [0.15, 0.2) is 0 Å². The molecule has 66 valence electrons. The van der Waals surface area contributed by atoms with Crippen molar-refractivity contribution >= 4 is 27.3 Å². The van der Waals surface area contributed by atoms with Gasteiger partial charge in [-0.3, -0.25) is 0 Å². The quantitative estimate of drug-likeness (QED) is 0.822. The van der Waals surface area contributed by atoms with E-state index in [1.807, 2.05) is 0 Å². The van der Waals surface area contributed by atoms with E-state index in [-0.39, 0.29) is 6.10 Å². The van der Waals surface area contributed by atoms with Crippen molar-refractivity contribution in [3.8, 4) is 0 Å². The van der Waals surface area contributed by atoms with Crippen molar-refractivity contribution in [3.63, 3.8) is 0 Å². The van der Waals surface area contributed by atoms with Crippen LogP contribution in [-0.2, 0) is 4.74 Å². The Labute approximate surface area is 84.1 Å². The van der Waals surface area contributed by atoms with Crippen LogP contribution in [0.25, 0.3) is 0 Å². The van der Waals surface area contributed by atoms with E-state index in [4.69, 9.17) is 4.74 Å². The Hall–Kier alpha value is 0.1000. The zero-order chi connectivity index (χ0) is 8.39. The molecule has 2 rings (SSSR count). The van der Waals surface area contributed by atoms with Gasteiger partial charge in [-0.05, 0) is 28.1 Å². The highest BCUT2D eigenvalue weighted by molar-refractivity contribution is 9.11. The second-order valence-corrected chi connectivity index (χ2v) is 5.20. The average Bonchev–Trinajstić information content (AvgIpc) is 2.54. The van der Waals surface area contributed by atoms with Gasteiger partial charge in [0.2, 0.25) is 0 Å². The molecule has 0 spiro atoms. The van der Waals surface area contributed by atoms with Crippen LogP contribution in [0.1, 0.15) is 11.0 Å². The number of morpholine rings is 1. The molecule has 0 aliphatic carbocycles. The summed E-state index contributed by atoms with van der Waals surface area (Å²) in [4.78, 5) is 1.30. The molecular weight excluding hydrogens is 238 g/mol. The maximum Gasteiger partial charge on any atom is 0.104 e. The van der Waals surface area contributed by atoms with Crippen molar-refractivity contribution in [1.82, 2.24) is 5.32 Å². The smallest absolute Gasteiger partial charge is 0.104 e. The van der Waals surface area contributed by atoms with Crippen LogP contribution in [0.5, 0.6) is 0 Å². The fraction of sp³-hybridized carbons (Fsp3) is 0.500. The van der Waals surface area contributed by atoms with E-state index < -0.39 is 0 Å². The van der Waals surface area contributed by atoms with Gasteiger partial charge in [0.25, 0.3) is 0 Å². The summed E-state index contributed by atoms with van der Waals surface area (Å²) in [6.07, 6.45) is 0.259. The van der Waals surface area contributed by atoms with E-state index in [2.05, 4.69) is 33.4 Å². The Morgan fingerprint density at radius 3 is 3.08 bits per heavy atom. The van der Waals surface area contributed by atoms with Crippen molar-refractivity contribution in [2.24, 2.45) is 0 Å². The molecule has 1 aromatic rings. The molecular formula is C8H10BrNOS. The second-order valence-electron chi connectivity index (χ2n) is 2.71. The standard InChI is InChI=1S/C8H10BrNOS/c9-8-2-1-7(12-8)6-5-10-3-4-11-6/h1-2,6,10H,3-5H2/t6-/m1/s1. The fourth-order valence-electron chi connectivity index (χ4n) is 1.25. The van der Waals surface area contributed by atoms with Gasteiger partial charge in [0, 0.05) is 18.0 Å². The highest BCUT2D eigenvalue weighted by Gasteiger charge is 2.16. The first kappa shape index (κ1) is 8.69. The SMILES string of the molecule is Brc1ccc([C@H]2CNCCO2)s1. The van der Waals surface area contributed by atoms with E-state index in [1.54, 1.807) is 11.3 Å². The highest BCUT2D eigenvalue weighted by Crippen LogP contribution is 2.29. The average molecular weight is 248 g/mol. The molecule has 1 fully saturated rings. The van der Waals surface area contributed by atoms with Gasteiger partial charge >= 0.3 is 0 Å². The Morgan fingerprint density at radius 1 is 1.58 bits per heavy atom. The zero-order valence-electron chi connectivity index (χ0n) is 6.55. The van der Waals surface area contributed by atoms with Gasteiger partial charge in [0.05, 0.1) is 10.4 Å². The van der Waals surface area contributed by atoms with Crippen LogP contribution in [0.2, 0.25) is 0 Å². The molecule has 2 nitrogen and oxygen atoms in total. The molecule has 0 radical (unpaired) electrons. The van der Waals surface area contributed by atoms with E-state index in [0.29, 0.717) is 0 Å². The number of hydrogen-bond acceptors (Lipinski definition) is 3. The van der Waals surface area contributed by atoms with Crippen LogP contribution in [0.15, 0.2) is 15.9 Å². The lowest BCUT2D eigenvalue weighted by Crippen LogP contribution is -2.32. The fourth-order valence-corrected chi connectivity index (χ4v) is 2.72. The van der Waals surface area contributed by atoms with E-state index in [1.165, 1.54) is 8.66 Å². The van der Waals surface area contributed by atoms with Crippen LogP contribution in [0.4, 0.5) is 0 Å². The van der Waals surface area contributed by atoms with Crippen molar-refractivity contribution in [3.05, 3.63) is 20.8 Å². The molecule has 1 aliphatic heterocycles. The van der Waals surface area contributed by atoms with Gasteiger partial charge in [-0.1, -0.05) is 0 Å². The summed E-state index contributed by atoms with van der Waals surface area (Å²) >= 11 is 5.19. The Kier molecular flexibility index (Phi) is 2.80. The number of thiophene rings is 1. The lowest BCUT2D eigenvalue weighted by atomic mass is 10.2. The maximum atomic E-state index is 5.60. The first-order chi connectivity index (χ1) is 5.86. The van der Waals surface area contributed by atoms with Gasteiger partial charge in [0.1, 0.15) is 6.10 Å². The number of nitrogens with one attached hydrogen (secondary N) is 1. The zero-order valence-corrected chi connectivity index (χ0v) is 8.95. The molecule has 4 heteroatoms. The Balaban J connectivity index is 2.08. The molecule has 1 saturated heterocycles. The minimum atomic E-state index is 0.259. The summed E-state index contributed by atoms with van der Waals surface area (Å²) in [6, 6.07) is 4.18. The first-order valence-electron chi connectivity index (χ1n) is 3.94. The van der Waals surface area contributed by atoms with Gasteiger partial charge in [-0.2, -0.15) is 0 Å². The third-order valence-electron chi connectivity index (χ3n) is 1.84. The molecule has 0 unspecified atom stereocenters. The van der Waals surface area contributed by atoms with Gasteiger partial charge < -0.3 is 10.1 Å². The molecule has 0 aromatic carbocycles. The third kappa shape index (κ3) is 1.88. The molecule has 0 amide bonds. The topological polar surface area (TPSA) is 21.3 Å². The molecule has 1 atom stereocenters. The van der Waals surface area contributed by atoms with Crippen LogP contribution >= 0.6 is 27.3 Å². The minimum Gasteiger partial charge on any atom is -0.370 e. The molecule has 2 heterocycles. The molecule has 1 aliphatic rings. The Morgan fingerprint density at radius 2 is 2.50 bits per heavy atom. The second kappa shape index (κ2) is 3.87. The molecule has 1 N–H and O–H groups in total. The summed E-state index contributed by atoms with van der Waals surface area (Å²) in [5, 5.41) is 3.31. The van der Waals surface area contributed by atoms with E-state index >= 15 is 0 Å². The van der Waals surface area contributed by atoms with Crippen molar-refractivity contribution in [2.45, 2.75) is 6.10 Å². The van der Waals surface area contributed by atoms with Crippen molar-refractivity contribution in [1.29, 1.82) is 0 Å². The number of hydrogen-bond donors (Lipinski definition) is 1. The molecule has 1 aromatic heterocycles. The number of halogens is 1. The summed E-state index contributed by atoms with van der Waals surface area (Å²) in [5.74, 6) is 0. The van der Waals surface area contributed by atoms with Crippen LogP contribution in [0.3, 0.4) is 0 Å². The lowest BCUT2D eigenvalue weighted by Gasteiger charge is -2.22. The monoisotopic (exact) mass is 247 g/mol. The minimum absolute atomic E-state index is 0.259. The largest absolute Gasteiger partial charge is 0.370 e. The third-order valence-corrected chi connectivity index (χ3v) is 3.55. The van der Waals surface area contributed by atoms with Crippen LogP contribution in [-0.4, -0.2) is 19.7 Å². The normalized spacial score (nSPS) is 24.2. The first-order valence-corrected chi connectivity index (χ1v) is 5.55. The molecule has 0 bridgehead atoms. The summed E-state index contributed by atoms with van der Waals surface area (Å²) < 4.78 is 6.78. The summed E-state index contributed by atoms with van der Waals surface area (Å²) in [6.45, 7) is 2.73. The van der Waals surface area contributed by atoms with Crippen LogP contribution < -0.4 is 5.32 Å². The molecule has 12 heavy (non-hydrogen) atoms. The number of ether oxygens (including phenoxy) is 1. The number of rotatable bonds is 1. The van der Waals surface area contributed by atoms with E-state index in [0.717, 1.165) is 19.7 Å². The Bertz CT molecular complexity index is 257.